The Morgan fingerprint density at radius 3 is 2.50 bits per heavy atom. The Morgan fingerprint density at radius 2 is 2.00 bits per heavy atom. The maximum absolute atomic E-state index is 5.89. The maximum Gasteiger partial charge on any atom is 0.0620 e. The second kappa shape index (κ2) is 5.79. The number of rotatable bonds is 4. The first kappa shape index (κ1) is 13.5. The molecule has 1 saturated heterocycles. The van der Waals surface area contributed by atoms with Crippen molar-refractivity contribution in [1.82, 2.24) is 25.1 Å². The lowest BCUT2D eigenvalue weighted by molar-refractivity contribution is 0.0879. The van der Waals surface area contributed by atoms with E-state index in [1.54, 1.807) is 0 Å². The molecule has 0 saturated carbocycles. The van der Waals surface area contributed by atoms with Crippen LogP contribution in [0.4, 0.5) is 0 Å². The van der Waals surface area contributed by atoms with Gasteiger partial charge in [0.2, 0.25) is 0 Å². The fourth-order valence-corrected chi connectivity index (χ4v) is 2.26. The molecule has 102 valence electrons. The normalized spacial score (nSPS) is 20.2. The summed E-state index contributed by atoms with van der Waals surface area (Å²) in [5.74, 6) is 0. The van der Waals surface area contributed by atoms with Gasteiger partial charge in [-0.25, -0.2) is 10.4 Å². The number of hydrogen-bond acceptors (Lipinski definition) is 5. The molecule has 0 aliphatic carbocycles. The maximum atomic E-state index is 5.89. The Hall–Kier alpha value is -0.950. The van der Waals surface area contributed by atoms with Crippen LogP contribution in [0, 0.1) is 6.92 Å². The number of aryl methyl sites for hydroxylation is 1. The number of likely N-dealkylation sites (N-methyl/N-ethyl adjacent to an activating group) is 1. The zero-order valence-corrected chi connectivity index (χ0v) is 11.6. The van der Waals surface area contributed by atoms with Crippen molar-refractivity contribution < 1.29 is 0 Å². The topological polar surface area (TPSA) is 62.4 Å². The summed E-state index contributed by atoms with van der Waals surface area (Å²) < 4.78 is 1.89. The molecule has 0 aromatic carbocycles. The third kappa shape index (κ3) is 2.89. The standard InChI is InChI=1S/C12H24N6/c1-10-11(9-14-17(10)3)12(8-13)15-18-6-4-16(2)5-7-18/h9,12,15H,4-8,13H2,1-3H3. The highest BCUT2D eigenvalue weighted by Gasteiger charge is 2.20. The molecule has 2 rings (SSSR count). The largest absolute Gasteiger partial charge is 0.329 e. The minimum Gasteiger partial charge on any atom is -0.329 e. The van der Waals surface area contributed by atoms with Gasteiger partial charge in [0.1, 0.15) is 0 Å². The fraction of sp³-hybridized carbons (Fsp3) is 0.750. The summed E-state index contributed by atoms with van der Waals surface area (Å²) in [5, 5.41) is 6.55. The summed E-state index contributed by atoms with van der Waals surface area (Å²) >= 11 is 0. The summed E-state index contributed by atoms with van der Waals surface area (Å²) in [6, 6.07) is 0.155. The number of piperazine rings is 1. The Morgan fingerprint density at radius 1 is 1.33 bits per heavy atom. The van der Waals surface area contributed by atoms with E-state index in [-0.39, 0.29) is 6.04 Å². The number of aromatic nitrogens is 2. The lowest BCUT2D eigenvalue weighted by atomic mass is 10.1. The third-order valence-electron chi connectivity index (χ3n) is 3.73. The van der Waals surface area contributed by atoms with E-state index in [1.165, 1.54) is 11.3 Å². The zero-order chi connectivity index (χ0) is 13.1. The molecule has 18 heavy (non-hydrogen) atoms. The average Bonchev–Trinajstić information content (AvgIpc) is 2.70. The van der Waals surface area contributed by atoms with Crippen LogP contribution in [0.1, 0.15) is 17.3 Å². The van der Waals surface area contributed by atoms with Gasteiger partial charge in [0.05, 0.1) is 12.2 Å². The van der Waals surface area contributed by atoms with Gasteiger partial charge in [-0.15, -0.1) is 0 Å². The molecule has 1 aromatic rings. The van der Waals surface area contributed by atoms with E-state index in [0.717, 1.165) is 26.2 Å². The van der Waals surface area contributed by atoms with Crippen LogP contribution in [-0.4, -0.2) is 59.5 Å². The number of nitrogens with one attached hydrogen (secondary N) is 1. The molecule has 1 aliphatic rings. The minimum absolute atomic E-state index is 0.155. The van der Waals surface area contributed by atoms with Gasteiger partial charge in [-0.3, -0.25) is 4.68 Å². The van der Waals surface area contributed by atoms with Crippen LogP contribution in [0.3, 0.4) is 0 Å². The van der Waals surface area contributed by atoms with Crippen LogP contribution >= 0.6 is 0 Å². The number of hydrazine groups is 1. The van der Waals surface area contributed by atoms with Gasteiger partial charge in [-0.2, -0.15) is 5.10 Å². The highest BCUT2D eigenvalue weighted by Crippen LogP contribution is 2.16. The molecule has 2 heterocycles. The zero-order valence-electron chi connectivity index (χ0n) is 11.6. The first-order chi connectivity index (χ1) is 8.61. The van der Waals surface area contributed by atoms with Gasteiger partial charge >= 0.3 is 0 Å². The first-order valence-corrected chi connectivity index (χ1v) is 6.50. The van der Waals surface area contributed by atoms with Gasteiger partial charge in [0, 0.05) is 51.0 Å². The van der Waals surface area contributed by atoms with E-state index in [1.807, 2.05) is 17.9 Å². The summed E-state index contributed by atoms with van der Waals surface area (Å²) in [6.45, 7) is 6.92. The summed E-state index contributed by atoms with van der Waals surface area (Å²) in [4.78, 5) is 2.34. The summed E-state index contributed by atoms with van der Waals surface area (Å²) in [6.07, 6.45) is 1.91. The molecule has 0 bridgehead atoms. The van der Waals surface area contributed by atoms with Crippen LogP contribution in [0.2, 0.25) is 0 Å². The Balaban J connectivity index is 1.99. The Kier molecular flexibility index (Phi) is 4.34. The van der Waals surface area contributed by atoms with Crippen LogP contribution < -0.4 is 11.2 Å². The van der Waals surface area contributed by atoms with Crippen LogP contribution in [-0.2, 0) is 7.05 Å². The SMILES string of the molecule is Cc1c(C(CN)NN2CCN(C)CC2)cnn1C. The van der Waals surface area contributed by atoms with E-state index < -0.39 is 0 Å². The quantitative estimate of drug-likeness (QED) is 0.755. The Labute approximate surface area is 109 Å². The van der Waals surface area contributed by atoms with E-state index in [0.29, 0.717) is 6.54 Å². The molecule has 1 fully saturated rings. The molecular weight excluding hydrogens is 228 g/mol. The van der Waals surface area contributed by atoms with Crippen molar-refractivity contribution in [3.63, 3.8) is 0 Å². The highest BCUT2D eigenvalue weighted by molar-refractivity contribution is 5.20. The lowest BCUT2D eigenvalue weighted by Crippen LogP contribution is -2.52. The third-order valence-corrected chi connectivity index (χ3v) is 3.73. The van der Waals surface area contributed by atoms with Crippen molar-refractivity contribution in [2.75, 3.05) is 39.8 Å². The summed E-state index contributed by atoms with van der Waals surface area (Å²) in [5.41, 5.74) is 11.8. The summed E-state index contributed by atoms with van der Waals surface area (Å²) in [7, 11) is 4.12. The second-order valence-electron chi connectivity index (χ2n) is 5.02. The first-order valence-electron chi connectivity index (χ1n) is 6.50. The van der Waals surface area contributed by atoms with E-state index in [9.17, 15) is 0 Å². The van der Waals surface area contributed by atoms with Gasteiger partial charge in [-0.1, -0.05) is 0 Å². The number of nitrogens with zero attached hydrogens (tertiary/aromatic N) is 4. The van der Waals surface area contributed by atoms with E-state index in [2.05, 4.69) is 34.4 Å². The Bertz CT molecular complexity index is 380. The van der Waals surface area contributed by atoms with Crippen molar-refractivity contribution in [1.29, 1.82) is 0 Å². The van der Waals surface area contributed by atoms with Gasteiger partial charge in [-0.05, 0) is 14.0 Å². The molecule has 6 heteroatoms. The fourth-order valence-electron chi connectivity index (χ4n) is 2.26. The molecule has 1 atom stereocenters. The predicted octanol–water partition coefficient (Wildman–Crippen LogP) is -0.520. The van der Waals surface area contributed by atoms with Gasteiger partial charge in [0.15, 0.2) is 0 Å². The molecule has 3 N–H and O–H groups in total. The molecule has 0 amide bonds. The molecule has 1 unspecified atom stereocenters. The van der Waals surface area contributed by atoms with Crippen molar-refractivity contribution in [3.8, 4) is 0 Å². The van der Waals surface area contributed by atoms with Crippen LogP contribution in [0.15, 0.2) is 6.20 Å². The highest BCUT2D eigenvalue weighted by atomic mass is 15.5. The average molecular weight is 252 g/mol. The van der Waals surface area contributed by atoms with Crippen molar-refractivity contribution >= 4 is 0 Å². The second-order valence-corrected chi connectivity index (χ2v) is 5.02. The molecule has 1 aromatic heterocycles. The molecule has 6 nitrogen and oxygen atoms in total. The molecule has 0 spiro atoms. The monoisotopic (exact) mass is 252 g/mol. The van der Waals surface area contributed by atoms with Gasteiger partial charge < -0.3 is 10.6 Å². The van der Waals surface area contributed by atoms with Crippen LogP contribution in [0.25, 0.3) is 0 Å². The van der Waals surface area contributed by atoms with E-state index in [4.69, 9.17) is 5.73 Å². The van der Waals surface area contributed by atoms with Crippen molar-refractivity contribution in [3.05, 3.63) is 17.5 Å². The molecule has 0 radical (unpaired) electrons. The van der Waals surface area contributed by atoms with Crippen molar-refractivity contribution in [2.24, 2.45) is 12.8 Å². The van der Waals surface area contributed by atoms with Crippen LogP contribution in [0.5, 0.6) is 0 Å². The predicted molar refractivity (Wildman–Crippen MR) is 71.9 cm³/mol. The minimum atomic E-state index is 0.155. The lowest BCUT2D eigenvalue weighted by Gasteiger charge is -2.35. The van der Waals surface area contributed by atoms with Crippen molar-refractivity contribution in [2.45, 2.75) is 13.0 Å². The smallest absolute Gasteiger partial charge is 0.0620 e. The number of hydrogen-bond donors (Lipinski definition) is 2. The molecule has 1 aliphatic heterocycles. The number of nitrogens with two attached hydrogens (primary N) is 1. The van der Waals surface area contributed by atoms with E-state index >= 15 is 0 Å². The molecular formula is C12H24N6. The van der Waals surface area contributed by atoms with Gasteiger partial charge in [0.25, 0.3) is 0 Å².